The van der Waals surface area contributed by atoms with Crippen LogP contribution in [0.5, 0.6) is 0 Å². The molecule has 110 valence electrons. The van der Waals surface area contributed by atoms with E-state index in [9.17, 15) is 4.39 Å². The molecule has 0 aliphatic heterocycles. The molecule has 0 amide bonds. The van der Waals surface area contributed by atoms with E-state index in [4.69, 9.17) is 23.2 Å². The minimum atomic E-state index is -0.434. The highest BCUT2D eigenvalue weighted by Gasteiger charge is 2.25. The number of hydrogen-bond acceptors (Lipinski definition) is 1. The summed E-state index contributed by atoms with van der Waals surface area (Å²) in [6.45, 7) is 1.97. The molecule has 2 aromatic carbocycles. The van der Waals surface area contributed by atoms with Crippen molar-refractivity contribution in [1.82, 2.24) is 5.32 Å². The summed E-state index contributed by atoms with van der Waals surface area (Å²) >= 11 is 12.3. The van der Waals surface area contributed by atoms with Crippen LogP contribution >= 0.6 is 23.2 Å². The summed E-state index contributed by atoms with van der Waals surface area (Å²) in [5.74, 6) is -0.434. The molecule has 0 fully saturated rings. The highest BCUT2D eigenvalue weighted by atomic mass is 35.5. The Bertz CT molecular complexity index is 672. The predicted molar refractivity (Wildman–Crippen MR) is 85.5 cm³/mol. The van der Waals surface area contributed by atoms with E-state index in [1.165, 1.54) is 17.2 Å². The molecule has 4 heteroatoms. The van der Waals surface area contributed by atoms with Crippen molar-refractivity contribution in [3.8, 4) is 0 Å². The fraction of sp³-hybridized carbons (Fsp3) is 0.294. The van der Waals surface area contributed by atoms with Crippen molar-refractivity contribution >= 4 is 23.2 Å². The van der Waals surface area contributed by atoms with Gasteiger partial charge in [-0.05, 0) is 43.0 Å². The zero-order chi connectivity index (χ0) is 15.0. The first-order valence-corrected chi connectivity index (χ1v) is 7.80. The van der Waals surface area contributed by atoms with Gasteiger partial charge in [-0.25, -0.2) is 4.39 Å². The van der Waals surface area contributed by atoms with Gasteiger partial charge in [0, 0.05) is 22.7 Å². The summed E-state index contributed by atoms with van der Waals surface area (Å²) in [5, 5.41) is 4.12. The summed E-state index contributed by atoms with van der Waals surface area (Å²) in [6, 6.07) is 11.4. The molecule has 1 aliphatic rings. The molecular weight excluding hydrogens is 308 g/mol. The predicted octanol–water partition coefficient (Wildman–Crippen LogP) is 5.47. The van der Waals surface area contributed by atoms with E-state index in [0.29, 0.717) is 10.6 Å². The number of halogens is 3. The Balaban J connectivity index is 1.85. The second kappa shape index (κ2) is 5.96. The van der Waals surface area contributed by atoms with Gasteiger partial charge in [0.25, 0.3) is 0 Å². The maximum atomic E-state index is 13.7. The van der Waals surface area contributed by atoms with Crippen LogP contribution in [0.4, 0.5) is 4.39 Å². The van der Waals surface area contributed by atoms with E-state index in [2.05, 4.69) is 23.5 Å². The van der Waals surface area contributed by atoms with Crippen LogP contribution < -0.4 is 5.32 Å². The number of benzene rings is 2. The summed E-state index contributed by atoms with van der Waals surface area (Å²) < 4.78 is 13.7. The lowest BCUT2D eigenvalue weighted by atomic mass is 10.0. The minimum Gasteiger partial charge on any atom is -0.303 e. The van der Waals surface area contributed by atoms with E-state index in [1.807, 2.05) is 13.0 Å². The van der Waals surface area contributed by atoms with Crippen molar-refractivity contribution in [3.05, 3.63) is 69.0 Å². The van der Waals surface area contributed by atoms with Crippen molar-refractivity contribution in [2.45, 2.75) is 31.8 Å². The Morgan fingerprint density at radius 1 is 1.19 bits per heavy atom. The largest absolute Gasteiger partial charge is 0.303 e. The highest BCUT2D eigenvalue weighted by Crippen LogP contribution is 2.36. The Labute approximate surface area is 134 Å². The molecule has 1 N–H and O–H groups in total. The van der Waals surface area contributed by atoms with E-state index in [1.54, 1.807) is 6.07 Å². The average molecular weight is 324 g/mol. The van der Waals surface area contributed by atoms with Gasteiger partial charge in [-0.3, -0.25) is 0 Å². The second-order valence-electron chi connectivity index (χ2n) is 5.44. The first-order valence-electron chi connectivity index (χ1n) is 7.05. The van der Waals surface area contributed by atoms with Crippen LogP contribution in [-0.2, 0) is 6.42 Å². The molecule has 2 unspecified atom stereocenters. The fourth-order valence-electron chi connectivity index (χ4n) is 3.06. The van der Waals surface area contributed by atoms with Crippen LogP contribution in [0, 0.1) is 5.82 Å². The van der Waals surface area contributed by atoms with Gasteiger partial charge in [0.2, 0.25) is 0 Å². The van der Waals surface area contributed by atoms with Crippen molar-refractivity contribution in [2.75, 3.05) is 0 Å². The topological polar surface area (TPSA) is 12.0 Å². The van der Waals surface area contributed by atoms with Crippen molar-refractivity contribution in [2.24, 2.45) is 0 Å². The van der Waals surface area contributed by atoms with E-state index < -0.39 is 5.82 Å². The molecule has 2 aromatic rings. The first-order chi connectivity index (χ1) is 10.1. The van der Waals surface area contributed by atoms with Gasteiger partial charge in [0.1, 0.15) is 5.82 Å². The molecular formula is C17H16Cl2FN. The van der Waals surface area contributed by atoms with Gasteiger partial charge < -0.3 is 5.32 Å². The Kier molecular flexibility index (Phi) is 4.21. The van der Waals surface area contributed by atoms with Crippen LogP contribution in [0.1, 0.15) is 42.1 Å². The van der Waals surface area contributed by atoms with Gasteiger partial charge in [0.15, 0.2) is 0 Å². The molecule has 1 nitrogen and oxygen atoms in total. The van der Waals surface area contributed by atoms with Crippen LogP contribution in [0.3, 0.4) is 0 Å². The average Bonchev–Trinajstić information content (AvgIpc) is 2.87. The van der Waals surface area contributed by atoms with Gasteiger partial charge in [-0.15, -0.1) is 0 Å². The zero-order valence-electron chi connectivity index (χ0n) is 11.7. The van der Waals surface area contributed by atoms with Gasteiger partial charge in [-0.2, -0.15) is 0 Å². The summed E-state index contributed by atoms with van der Waals surface area (Å²) in [7, 11) is 0. The number of fused-ring (bicyclic) bond motifs is 1. The lowest BCUT2D eigenvalue weighted by Gasteiger charge is -2.22. The highest BCUT2D eigenvalue weighted by molar-refractivity contribution is 6.36. The monoisotopic (exact) mass is 323 g/mol. The van der Waals surface area contributed by atoms with Gasteiger partial charge in [0.05, 0.1) is 5.02 Å². The van der Waals surface area contributed by atoms with Crippen molar-refractivity contribution in [3.63, 3.8) is 0 Å². The lowest BCUT2D eigenvalue weighted by Crippen LogP contribution is -2.23. The van der Waals surface area contributed by atoms with E-state index >= 15 is 0 Å². The maximum Gasteiger partial charge on any atom is 0.142 e. The molecule has 3 rings (SSSR count). The van der Waals surface area contributed by atoms with Crippen LogP contribution in [0.2, 0.25) is 10.0 Å². The number of hydrogen-bond donors (Lipinski definition) is 1. The van der Waals surface area contributed by atoms with Gasteiger partial charge in [-0.1, -0.05) is 47.5 Å². The quantitative estimate of drug-likeness (QED) is 0.738. The second-order valence-corrected chi connectivity index (χ2v) is 6.22. The molecule has 0 spiro atoms. The molecule has 21 heavy (non-hydrogen) atoms. The molecule has 0 radical (unpaired) electrons. The summed E-state index contributed by atoms with van der Waals surface area (Å²) in [4.78, 5) is 0. The molecule has 0 saturated carbocycles. The fourth-order valence-corrected chi connectivity index (χ4v) is 3.75. The third-order valence-electron chi connectivity index (χ3n) is 4.10. The Hall–Kier alpha value is -1.09. The van der Waals surface area contributed by atoms with Crippen LogP contribution in [-0.4, -0.2) is 0 Å². The molecule has 2 atom stereocenters. The smallest absolute Gasteiger partial charge is 0.142 e. The van der Waals surface area contributed by atoms with Crippen molar-refractivity contribution < 1.29 is 4.39 Å². The molecule has 1 aliphatic carbocycles. The standard InChI is InChI=1S/C17H16Cl2FN/c1-10(16-13(18)7-8-14(20)17(16)19)21-15-9-6-11-4-2-3-5-12(11)15/h2-5,7-8,10,15,21H,6,9H2,1H3. The van der Waals surface area contributed by atoms with Crippen LogP contribution in [0.25, 0.3) is 0 Å². The maximum absolute atomic E-state index is 13.7. The Morgan fingerprint density at radius 2 is 1.95 bits per heavy atom. The first kappa shape index (κ1) is 14.8. The zero-order valence-corrected chi connectivity index (χ0v) is 13.2. The third kappa shape index (κ3) is 2.80. The molecule has 0 bridgehead atoms. The molecule has 0 aromatic heterocycles. The molecule has 0 saturated heterocycles. The van der Waals surface area contributed by atoms with E-state index in [0.717, 1.165) is 12.8 Å². The lowest BCUT2D eigenvalue weighted by molar-refractivity contribution is 0.463. The third-order valence-corrected chi connectivity index (χ3v) is 4.81. The Morgan fingerprint density at radius 3 is 2.76 bits per heavy atom. The number of nitrogens with one attached hydrogen (secondary N) is 1. The van der Waals surface area contributed by atoms with E-state index in [-0.39, 0.29) is 17.1 Å². The number of aryl methyl sites for hydroxylation is 1. The molecule has 0 heterocycles. The number of rotatable bonds is 3. The SMILES string of the molecule is CC(NC1CCc2ccccc21)c1c(Cl)ccc(F)c1Cl. The summed E-state index contributed by atoms with van der Waals surface area (Å²) in [6.07, 6.45) is 2.10. The van der Waals surface area contributed by atoms with Crippen molar-refractivity contribution in [1.29, 1.82) is 0 Å². The van der Waals surface area contributed by atoms with Crippen LogP contribution in [0.15, 0.2) is 36.4 Å². The summed E-state index contributed by atoms with van der Waals surface area (Å²) in [5.41, 5.74) is 3.31. The normalized spacial score (nSPS) is 18.6. The minimum absolute atomic E-state index is 0.105. The van der Waals surface area contributed by atoms with Gasteiger partial charge >= 0.3 is 0 Å².